The molecule has 0 radical (unpaired) electrons. The third kappa shape index (κ3) is 5.32. The van der Waals surface area contributed by atoms with Crippen molar-refractivity contribution in [2.75, 3.05) is 27.2 Å². The molecule has 1 fully saturated rings. The molecule has 1 aromatic heterocycles. The van der Waals surface area contributed by atoms with E-state index in [-0.39, 0.29) is 24.9 Å². The van der Waals surface area contributed by atoms with Crippen molar-refractivity contribution in [1.82, 2.24) is 15.6 Å². The van der Waals surface area contributed by atoms with Gasteiger partial charge in [-0.25, -0.2) is 4.79 Å². The van der Waals surface area contributed by atoms with Crippen LogP contribution in [0, 0.1) is 0 Å². The fourth-order valence-electron chi connectivity index (χ4n) is 3.22. The molecule has 4 N–H and O–H groups in total. The fraction of sp³-hybridized carbons (Fsp3) is 0.450. The molecule has 150 valence electrons. The number of aromatic nitrogens is 1. The highest BCUT2D eigenvalue weighted by atomic mass is 16.5. The van der Waals surface area contributed by atoms with Gasteiger partial charge in [0.2, 0.25) is 0 Å². The first-order valence-electron chi connectivity index (χ1n) is 9.49. The Hall–Kier alpha value is -2.87. The molecule has 1 saturated carbocycles. The van der Waals surface area contributed by atoms with E-state index in [1.807, 2.05) is 30.5 Å². The highest BCUT2D eigenvalue weighted by Gasteiger charge is 2.27. The van der Waals surface area contributed by atoms with Crippen LogP contribution in [0.1, 0.15) is 18.4 Å². The first-order valence-corrected chi connectivity index (χ1v) is 9.49. The smallest absolute Gasteiger partial charge is 0.328 e. The monoisotopic (exact) mass is 387 g/mol. The van der Waals surface area contributed by atoms with Crippen molar-refractivity contribution in [3.63, 3.8) is 0 Å². The highest BCUT2D eigenvalue weighted by Crippen LogP contribution is 2.19. The average molecular weight is 387 g/mol. The lowest BCUT2D eigenvalue weighted by atomic mass is 10.0. The van der Waals surface area contributed by atoms with E-state index in [2.05, 4.69) is 15.6 Å². The summed E-state index contributed by atoms with van der Waals surface area (Å²) in [5.41, 5.74) is 1.90. The maximum Gasteiger partial charge on any atom is 0.328 e. The van der Waals surface area contributed by atoms with Gasteiger partial charge in [-0.1, -0.05) is 18.2 Å². The summed E-state index contributed by atoms with van der Waals surface area (Å²) >= 11 is 0. The topological polar surface area (TPSA) is 105 Å². The molecule has 8 heteroatoms. The van der Waals surface area contributed by atoms with E-state index in [1.54, 1.807) is 7.05 Å². The first kappa shape index (κ1) is 19.9. The van der Waals surface area contributed by atoms with Crippen LogP contribution < -0.4 is 15.5 Å². The minimum absolute atomic E-state index is 0.0592. The van der Waals surface area contributed by atoms with Crippen LogP contribution in [0.25, 0.3) is 10.9 Å². The van der Waals surface area contributed by atoms with Crippen LogP contribution in [0.3, 0.4) is 0 Å². The van der Waals surface area contributed by atoms with Crippen LogP contribution in [-0.4, -0.2) is 62.1 Å². The van der Waals surface area contributed by atoms with Gasteiger partial charge in [-0.15, -0.1) is 0 Å². The Morgan fingerprint density at radius 2 is 1.93 bits per heavy atom. The van der Waals surface area contributed by atoms with E-state index in [0.29, 0.717) is 12.5 Å². The van der Waals surface area contributed by atoms with E-state index < -0.39 is 12.0 Å². The van der Waals surface area contributed by atoms with Crippen molar-refractivity contribution in [1.29, 1.82) is 0 Å². The maximum atomic E-state index is 12.4. The first-order chi connectivity index (χ1) is 13.5. The van der Waals surface area contributed by atoms with E-state index in [9.17, 15) is 14.4 Å². The number of H-pyrrole nitrogens is 1. The van der Waals surface area contributed by atoms with Gasteiger partial charge in [-0.3, -0.25) is 9.59 Å². The number of ether oxygens (including phenoxy) is 1. The molecule has 0 aliphatic heterocycles. The maximum absolute atomic E-state index is 12.4. The number of benzene rings is 1. The molecule has 1 aliphatic carbocycles. The largest absolute Gasteiger partial charge is 0.467 e. The predicted octanol–water partition coefficient (Wildman–Crippen LogP) is -0.838. The summed E-state index contributed by atoms with van der Waals surface area (Å²) in [5.74, 6) is -0.856. The summed E-state index contributed by atoms with van der Waals surface area (Å²) in [6, 6.07) is 7.29. The van der Waals surface area contributed by atoms with Crippen molar-refractivity contribution < 1.29 is 24.0 Å². The molecule has 1 heterocycles. The van der Waals surface area contributed by atoms with Crippen LogP contribution in [0.4, 0.5) is 0 Å². The number of methoxy groups -OCH3 is 1. The molecule has 1 aromatic carbocycles. The van der Waals surface area contributed by atoms with Gasteiger partial charge in [-0.05, 0) is 24.5 Å². The van der Waals surface area contributed by atoms with Gasteiger partial charge in [0.05, 0.1) is 14.2 Å². The van der Waals surface area contributed by atoms with Crippen molar-refractivity contribution >= 4 is 28.7 Å². The average Bonchev–Trinajstić information content (AvgIpc) is 3.38. The number of quaternary nitrogens is 1. The van der Waals surface area contributed by atoms with Gasteiger partial charge < -0.3 is 25.3 Å². The second-order valence-electron chi connectivity index (χ2n) is 7.36. The van der Waals surface area contributed by atoms with Crippen LogP contribution in [0.5, 0.6) is 0 Å². The van der Waals surface area contributed by atoms with E-state index >= 15 is 0 Å². The summed E-state index contributed by atoms with van der Waals surface area (Å²) in [7, 11) is 3.08. The van der Waals surface area contributed by atoms with Gasteiger partial charge >= 0.3 is 5.97 Å². The van der Waals surface area contributed by atoms with Crippen molar-refractivity contribution in [2.24, 2.45) is 0 Å². The number of rotatable bonds is 9. The third-order valence-electron chi connectivity index (χ3n) is 4.79. The highest BCUT2D eigenvalue weighted by molar-refractivity contribution is 5.87. The van der Waals surface area contributed by atoms with Gasteiger partial charge in [0.25, 0.3) is 11.8 Å². The number of carbonyl (C=O) groups is 3. The lowest BCUT2D eigenvalue weighted by molar-refractivity contribution is -0.862. The molecule has 1 unspecified atom stereocenters. The van der Waals surface area contributed by atoms with Crippen LogP contribution in [-0.2, 0) is 25.5 Å². The van der Waals surface area contributed by atoms with Crippen molar-refractivity contribution in [2.45, 2.75) is 31.3 Å². The Morgan fingerprint density at radius 3 is 2.64 bits per heavy atom. The summed E-state index contributed by atoms with van der Waals surface area (Å²) in [6.07, 6.45) is 4.22. The number of para-hydroxylation sites is 1. The van der Waals surface area contributed by atoms with Crippen molar-refractivity contribution in [3.8, 4) is 0 Å². The standard InChI is InChI=1S/C20H26N4O4/c1-24(11-18(25)22-14-7-8-14)12-19(26)23-17(20(27)28-2)9-13-10-21-16-6-4-3-5-15(13)16/h3-6,10,14,17,21H,7-9,11-12H2,1-2H3,(H,22,25)(H,23,26)/p+1/t17-/m1/s1. The minimum atomic E-state index is -0.787. The lowest BCUT2D eigenvalue weighted by Gasteiger charge is -2.18. The molecule has 28 heavy (non-hydrogen) atoms. The van der Waals surface area contributed by atoms with Crippen LogP contribution in [0.15, 0.2) is 30.5 Å². The van der Waals surface area contributed by atoms with E-state index in [1.165, 1.54) is 7.11 Å². The number of fused-ring (bicyclic) bond motifs is 1. The molecular formula is C20H27N4O4+. The Labute approximate surface area is 163 Å². The Balaban J connectivity index is 1.57. The number of amides is 2. The SMILES string of the molecule is COC(=O)[C@@H](Cc1c[nH]c2ccccc12)NC(=O)C[NH+](C)CC(=O)NC1CC1. The molecule has 3 rings (SSSR count). The number of hydrogen-bond donors (Lipinski definition) is 4. The van der Waals surface area contributed by atoms with Crippen molar-refractivity contribution in [3.05, 3.63) is 36.0 Å². The number of esters is 1. The number of likely N-dealkylation sites (N-methyl/N-ethyl adjacent to an activating group) is 1. The van der Waals surface area contributed by atoms with Gasteiger partial charge in [0.1, 0.15) is 6.04 Å². The molecule has 2 aromatic rings. The van der Waals surface area contributed by atoms with E-state index in [4.69, 9.17) is 4.74 Å². The molecular weight excluding hydrogens is 360 g/mol. The zero-order valence-electron chi connectivity index (χ0n) is 16.2. The molecule has 0 spiro atoms. The lowest BCUT2D eigenvalue weighted by Crippen LogP contribution is -3.11. The van der Waals surface area contributed by atoms with Gasteiger partial charge in [0, 0.05) is 29.6 Å². The third-order valence-corrected chi connectivity index (χ3v) is 4.79. The summed E-state index contributed by atoms with van der Waals surface area (Å²) in [5, 5.41) is 6.66. The summed E-state index contributed by atoms with van der Waals surface area (Å²) < 4.78 is 4.86. The van der Waals surface area contributed by atoms with E-state index in [0.717, 1.165) is 34.2 Å². The molecule has 2 atom stereocenters. The van der Waals surface area contributed by atoms with Crippen LogP contribution in [0.2, 0.25) is 0 Å². The molecule has 2 amide bonds. The van der Waals surface area contributed by atoms with Crippen LogP contribution >= 0.6 is 0 Å². The Morgan fingerprint density at radius 1 is 1.21 bits per heavy atom. The quantitative estimate of drug-likeness (QED) is 0.421. The zero-order valence-corrected chi connectivity index (χ0v) is 16.2. The Bertz CT molecular complexity index is 859. The molecule has 0 saturated heterocycles. The zero-order chi connectivity index (χ0) is 20.1. The normalized spacial score (nSPS) is 15.6. The molecule has 1 aliphatic rings. The number of hydrogen-bond acceptors (Lipinski definition) is 4. The number of nitrogens with one attached hydrogen (secondary N) is 4. The minimum Gasteiger partial charge on any atom is -0.467 e. The Kier molecular flexibility index (Phi) is 6.30. The van der Waals surface area contributed by atoms with Gasteiger partial charge in [-0.2, -0.15) is 0 Å². The summed E-state index contributed by atoms with van der Waals surface area (Å²) in [6.45, 7) is 0.314. The second kappa shape index (κ2) is 8.88. The predicted molar refractivity (Wildman–Crippen MR) is 104 cm³/mol. The molecule has 0 bridgehead atoms. The number of aromatic amines is 1. The summed E-state index contributed by atoms with van der Waals surface area (Å²) in [4.78, 5) is 40.4. The van der Waals surface area contributed by atoms with Gasteiger partial charge in [0.15, 0.2) is 13.1 Å². The fourth-order valence-corrected chi connectivity index (χ4v) is 3.22. The number of carbonyl (C=O) groups excluding carboxylic acids is 3. The molecule has 8 nitrogen and oxygen atoms in total. The second-order valence-corrected chi connectivity index (χ2v) is 7.36.